The quantitative estimate of drug-likeness (QED) is 0.688. The summed E-state index contributed by atoms with van der Waals surface area (Å²) in [6, 6.07) is 10.1. The first-order chi connectivity index (χ1) is 13.3. The smallest absolute Gasteiger partial charge is 0.238 e. The summed E-state index contributed by atoms with van der Waals surface area (Å²) >= 11 is 1.73. The number of sulfonamides is 1. The second-order valence-electron chi connectivity index (χ2n) is 7.35. The molecule has 0 spiro atoms. The van der Waals surface area contributed by atoms with E-state index in [0.717, 1.165) is 30.4 Å². The molecule has 1 aliphatic heterocycles. The summed E-state index contributed by atoms with van der Waals surface area (Å²) in [6.07, 6.45) is 3.63. The van der Waals surface area contributed by atoms with Crippen LogP contribution < -0.4 is 0 Å². The molecule has 0 aliphatic carbocycles. The molecule has 28 heavy (non-hydrogen) atoms. The summed E-state index contributed by atoms with van der Waals surface area (Å²) in [5.41, 5.74) is 3.41. The highest BCUT2D eigenvalue weighted by atomic mass is 32.2. The zero-order chi connectivity index (χ0) is 20.3. The Hall–Kier alpha value is -1.70. The zero-order valence-electron chi connectivity index (χ0n) is 16.7. The van der Waals surface area contributed by atoms with Gasteiger partial charge in [-0.05, 0) is 47.9 Å². The van der Waals surface area contributed by atoms with Crippen LogP contribution in [0.2, 0.25) is 0 Å². The molecular weight excluding hydrogens is 392 g/mol. The molecule has 1 aliphatic rings. The summed E-state index contributed by atoms with van der Waals surface area (Å²) in [4.78, 5) is 16.4. The van der Waals surface area contributed by atoms with Crippen molar-refractivity contribution in [2.45, 2.75) is 39.2 Å². The maximum atomic E-state index is 13.3. The van der Waals surface area contributed by atoms with Gasteiger partial charge in [0.25, 0.3) is 0 Å². The van der Waals surface area contributed by atoms with Gasteiger partial charge in [0.2, 0.25) is 15.9 Å². The Bertz CT molecular complexity index is 937. The minimum atomic E-state index is -3.42. The number of aryl methyl sites for hydroxylation is 1. The SMILES string of the molecule is CCCCN(CC(=O)N1CCc2sccc2[C@H]1c1ccccc1C)S(C)(=O)=O. The van der Waals surface area contributed by atoms with Crippen LogP contribution >= 0.6 is 11.3 Å². The molecule has 1 amide bonds. The van der Waals surface area contributed by atoms with E-state index in [1.54, 1.807) is 11.3 Å². The van der Waals surface area contributed by atoms with E-state index in [2.05, 4.69) is 30.5 Å². The summed E-state index contributed by atoms with van der Waals surface area (Å²) in [6.45, 7) is 4.97. The van der Waals surface area contributed by atoms with Crippen LogP contribution in [0.1, 0.15) is 47.4 Å². The second-order valence-corrected chi connectivity index (χ2v) is 10.3. The van der Waals surface area contributed by atoms with E-state index in [-0.39, 0.29) is 18.5 Å². The number of thiophene rings is 1. The molecule has 152 valence electrons. The van der Waals surface area contributed by atoms with Crippen molar-refractivity contribution < 1.29 is 13.2 Å². The number of carbonyl (C=O) groups excluding carboxylic acids is 1. The van der Waals surface area contributed by atoms with Crippen LogP contribution in [0, 0.1) is 6.92 Å². The minimum absolute atomic E-state index is 0.0965. The number of amides is 1. The molecule has 3 rings (SSSR count). The lowest BCUT2D eigenvalue weighted by Gasteiger charge is -2.38. The van der Waals surface area contributed by atoms with Crippen LogP contribution in [0.4, 0.5) is 0 Å². The van der Waals surface area contributed by atoms with E-state index in [0.29, 0.717) is 13.1 Å². The van der Waals surface area contributed by atoms with Gasteiger partial charge < -0.3 is 4.90 Å². The fourth-order valence-electron chi connectivity index (χ4n) is 3.75. The number of nitrogens with zero attached hydrogens (tertiary/aromatic N) is 2. The molecule has 1 aromatic heterocycles. The molecule has 7 heteroatoms. The maximum absolute atomic E-state index is 13.3. The summed E-state index contributed by atoms with van der Waals surface area (Å²) in [7, 11) is -3.42. The number of carbonyl (C=O) groups is 1. The van der Waals surface area contributed by atoms with Crippen molar-refractivity contribution >= 4 is 27.3 Å². The largest absolute Gasteiger partial charge is 0.330 e. The zero-order valence-corrected chi connectivity index (χ0v) is 18.4. The van der Waals surface area contributed by atoms with Gasteiger partial charge in [0.1, 0.15) is 0 Å². The van der Waals surface area contributed by atoms with Gasteiger partial charge in [-0.2, -0.15) is 4.31 Å². The van der Waals surface area contributed by atoms with Crippen molar-refractivity contribution in [2.75, 3.05) is 25.9 Å². The average molecular weight is 421 g/mol. The number of fused-ring (bicyclic) bond motifs is 1. The molecule has 0 saturated carbocycles. The van der Waals surface area contributed by atoms with Gasteiger partial charge in [-0.1, -0.05) is 37.6 Å². The van der Waals surface area contributed by atoms with Crippen molar-refractivity contribution in [2.24, 2.45) is 0 Å². The molecule has 1 atom stereocenters. The Morgan fingerprint density at radius 3 is 2.68 bits per heavy atom. The number of hydrogen-bond donors (Lipinski definition) is 0. The predicted molar refractivity (Wildman–Crippen MR) is 114 cm³/mol. The Labute approximate surface area is 172 Å². The molecule has 2 heterocycles. The van der Waals surface area contributed by atoms with Crippen LogP contribution in [0.3, 0.4) is 0 Å². The standard InChI is InChI=1S/C21H28N2O3S2/c1-4-5-12-22(28(3,25)26)15-20(24)23-13-10-19-18(11-14-27-19)21(23)17-9-7-6-8-16(17)2/h6-9,11,14,21H,4-5,10,12-13,15H2,1-3H3/t21-/m1/s1. The fourth-order valence-corrected chi connectivity index (χ4v) is 5.46. The fraction of sp³-hybridized carbons (Fsp3) is 0.476. The van der Waals surface area contributed by atoms with Crippen LogP contribution in [0.5, 0.6) is 0 Å². The lowest BCUT2D eigenvalue weighted by Crippen LogP contribution is -2.46. The molecule has 0 unspecified atom stereocenters. The number of unbranched alkanes of at least 4 members (excludes halogenated alkanes) is 1. The van der Waals surface area contributed by atoms with E-state index >= 15 is 0 Å². The maximum Gasteiger partial charge on any atom is 0.238 e. The lowest BCUT2D eigenvalue weighted by molar-refractivity contribution is -0.133. The van der Waals surface area contributed by atoms with Crippen molar-refractivity contribution in [1.29, 1.82) is 0 Å². The molecular formula is C21H28N2O3S2. The molecule has 2 aromatic rings. The van der Waals surface area contributed by atoms with Crippen LogP contribution in [-0.4, -0.2) is 49.4 Å². The highest BCUT2D eigenvalue weighted by Gasteiger charge is 2.34. The van der Waals surface area contributed by atoms with Crippen molar-refractivity contribution in [3.8, 4) is 0 Å². The van der Waals surface area contributed by atoms with Crippen LogP contribution in [-0.2, 0) is 21.2 Å². The molecule has 0 bridgehead atoms. The van der Waals surface area contributed by atoms with Crippen molar-refractivity contribution in [1.82, 2.24) is 9.21 Å². The minimum Gasteiger partial charge on any atom is -0.330 e. The van der Waals surface area contributed by atoms with Crippen LogP contribution in [0.25, 0.3) is 0 Å². The predicted octanol–water partition coefficient (Wildman–Crippen LogP) is 3.59. The molecule has 0 radical (unpaired) electrons. The van der Waals surface area contributed by atoms with Gasteiger partial charge in [-0.3, -0.25) is 4.79 Å². The topological polar surface area (TPSA) is 57.7 Å². The Morgan fingerprint density at radius 1 is 1.25 bits per heavy atom. The number of benzene rings is 1. The van der Waals surface area contributed by atoms with Crippen molar-refractivity contribution in [3.63, 3.8) is 0 Å². The van der Waals surface area contributed by atoms with E-state index in [1.807, 2.05) is 24.0 Å². The lowest BCUT2D eigenvalue weighted by atomic mass is 9.90. The normalized spacial score (nSPS) is 17.0. The number of rotatable bonds is 7. The summed E-state index contributed by atoms with van der Waals surface area (Å²) < 4.78 is 25.7. The third-order valence-corrected chi connectivity index (χ3v) is 7.56. The van der Waals surface area contributed by atoms with Gasteiger partial charge >= 0.3 is 0 Å². The van der Waals surface area contributed by atoms with Gasteiger partial charge in [0.05, 0.1) is 18.8 Å². The third-order valence-electron chi connectivity index (χ3n) is 5.31. The van der Waals surface area contributed by atoms with Gasteiger partial charge in [-0.15, -0.1) is 11.3 Å². The van der Waals surface area contributed by atoms with E-state index in [1.165, 1.54) is 21.0 Å². The van der Waals surface area contributed by atoms with E-state index < -0.39 is 10.0 Å². The third kappa shape index (κ3) is 4.47. The highest BCUT2D eigenvalue weighted by Crippen LogP contribution is 2.39. The van der Waals surface area contributed by atoms with E-state index in [4.69, 9.17) is 0 Å². The Balaban J connectivity index is 1.93. The first kappa shape index (κ1) is 21.0. The molecule has 0 fully saturated rings. The highest BCUT2D eigenvalue weighted by molar-refractivity contribution is 7.88. The molecule has 0 N–H and O–H groups in total. The Morgan fingerprint density at radius 2 is 2.00 bits per heavy atom. The second kappa shape index (κ2) is 8.76. The van der Waals surface area contributed by atoms with Crippen molar-refractivity contribution in [3.05, 3.63) is 57.3 Å². The molecule has 0 saturated heterocycles. The average Bonchev–Trinajstić information content (AvgIpc) is 3.12. The van der Waals surface area contributed by atoms with Gasteiger partial charge in [0, 0.05) is 18.0 Å². The first-order valence-corrected chi connectivity index (χ1v) is 12.4. The molecule has 5 nitrogen and oxygen atoms in total. The summed E-state index contributed by atoms with van der Waals surface area (Å²) in [5.74, 6) is -0.133. The first-order valence-electron chi connectivity index (χ1n) is 9.69. The van der Waals surface area contributed by atoms with Crippen LogP contribution in [0.15, 0.2) is 35.7 Å². The monoisotopic (exact) mass is 420 g/mol. The van der Waals surface area contributed by atoms with E-state index in [9.17, 15) is 13.2 Å². The Kier molecular flexibility index (Phi) is 6.58. The van der Waals surface area contributed by atoms with Gasteiger partial charge in [0.15, 0.2) is 0 Å². The van der Waals surface area contributed by atoms with Gasteiger partial charge in [-0.25, -0.2) is 8.42 Å². The summed E-state index contributed by atoms with van der Waals surface area (Å²) in [5, 5.41) is 2.08. The number of hydrogen-bond acceptors (Lipinski definition) is 4. The molecule has 1 aromatic carbocycles.